The van der Waals surface area contributed by atoms with Crippen molar-refractivity contribution >= 4 is 10.2 Å². The second-order valence-corrected chi connectivity index (χ2v) is 13.8. The third-order valence-corrected chi connectivity index (χ3v) is 8.93. The van der Waals surface area contributed by atoms with Crippen molar-refractivity contribution in [1.82, 2.24) is 0 Å². The Morgan fingerprint density at radius 1 is 0.723 bits per heavy atom. The zero-order valence-corrected chi connectivity index (χ0v) is 25.4. The van der Waals surface area contributed by atoms with E-state index in [4.69, 9.17) is 4.74 Å². The van der Waals surface area contributed by atoms with Gasteiger partial charge in [-0.05, 0) is 86.1 Å². The van der Waals surface area contributed by atoms with Gasteiger partial charge in [-0.15, -0.1) is 0 Å². The van der Waals surface area contributed by atoms with Crippen molar-refractivity contribution in [2.24, 2.45) is 5.92 Å². The third-order valence-electron chi connectivity index (χ3n) is 7.77. The number of hydrogen-bond donors (Lipinski definition) is 0. The van der Waals surface area contributed by atoms with Crippen LogP contribution in [0.3, 0.4) is 0 Å². The number of hydrogen-bond acceptors (Lipinski definition) is 2. The first-order valence-electron chi connectivity index (χ1n) is 14.4. The van der Waals surface area contributed by atoms with E-state index in [-0.39, 0.29) is 37.8 Å². The molecule has 47 heavy (non-hydrogen) atoms. The Balaban J connectivity index is 1.39. The van der Waals surface area contributed by atoms with Crippen LogP contribution in [0.4, 0.5) is 54.6 Å². The maximum absolute atomic E-state index is 15.0. The average Bonchev–Trinajstić information content (AvgIpc) is 2.91. The molecule has 0 unspecified atom stereocenters. The van der Waals surface area contributed by atoms with Gasteiger partial charge < -0.3 is 9.47 Å². The van der Waals surface area contributed by atoms with Crippen LogP contribution in [-0.4, -0.2) is 12.2 Å². The van der Waals surface area contributed by atoms with Crippen LogP contribution in [0.1, 0.15) is 63.0 Å². The number of alkyl halides is 4. The minimum Gasteiger partial charge on any atom is -0.432 e. The molecule has 1 fully saturated rings. The van der Waals surface area contributed by atoms with Crippen LogP contribution in [0.15, 0.2) is 53.4 Å². The van der Waals surface area contributed by atoms with E-state index in [1.807, 2.05) is 6.92 Å². The Kier molecular flexibility index (Phi) is 9.67. The number of aryl methyl sites for hydroxylation is 1. The van der Waals surface area contributed by atoms with E-state index in [1.165, 1.54) is 6.07 Å². The summed E-state index contributed by atoms with van der Waals surface area (Å²) in [5.41, 5.74) is -2.19. The lowest BCUT2D eigenvalue weighted by Crippen LogP contribution is -2.39. The van der Waals surface area contributed by atoms with Gasteiger partial charge in [0.25, 0.3) is 0 Å². The maximum atomic E-state index is 15.0. The summed E-state index contributed by atoms with van der Waals surface area (Å²) in [7, 11) is -10.8. The van der Waals surface area contributed by atoms with Crippen LogP contribution < -0.4 is 4.74 Å². The molecule has 0 aromatic heterocycles. The normalized spacial score (nSPS) is 19.3. The molecule has 1 aliphatic rings. The van der Waals surface area contributed by atoms with Gasteiger partial charge in [0.15, 0.2) is 4.90 Å². The first kappa shape index (κ1) is 36.7. The SMILES string of the molecule is CCCCCc1ccc(C(F)(F)OC2CCC(C(F)(F)Oc3ccc(-c4cc(F)c(S(F)(F)(F)(F)F)c(F)c4)c(F)c3)CC2)c(F)c1. The molecule has 0 N–H and O–H groups in total. The highest BCUT2D eigenvalue weighted by Crippen LogP contribution is 3.02. The molecule has 1 saturated carbocycles. The largest absolute Gasteiger partial charge is 0.432 e. The van der Waals surface area contributed by atoms with E-state index in [0.29, 0.717) is 30.2 Å². The van der Waals surface area contributed by atoms with E-state index in [0.717, 1.165) is 31.4 Å². The quantitative estimate of drug-likeness (QED) is 0.137. The van der Waals surface area contributed by atoms with Crippen molar-refractivity contribution in [3.05, 3.63) is 82.9 Å². The summed E-state index contributed by atoms with van der Waals surface area (Å²) in [6.07, 6.45) is -7.47. The topological polar surface area (TPSA) is 18.5 Å². The van der Waals surface area contributed by atoms with Crippen molar-refractivity contribution in [2.45, 2.75) is 81.5 Å². The number of unbranched alkanes of at least 4 members (excludes halogenated alkanes) is 2. The number of halogens is 13. The van der Waals surface area contributed by atoms with Gasteiger partial charge in [0.1, 0.15) is 29.0 Å². The minimum absolute atomic E-state index is 0.175. The van der Waals surface area contributed by atoms with Gasteiger partial charge in [0.05, 0.1) is 17.6 Å². The second-order valence-electron chi connectivity index (χ2n) is 11.4. The fourth-order valence-corrected chi connectivity index (χ4v) is 6.29. The lowest BCUT2D eigenvalue weighted by atomic mass is 9.86. The molecule has 1 aliphatic carbocycles. The van der Waals surface area contributed by atoms with Crippen LogP contribution >= 0.6 is 10.2 Å². The smallest absolute Gasteiger partial charge is 0.400 e. The van der Waals surface area contributed by atoms with Gasteiger partial charge in [-0.2, -0.15) is 17.6 Å². The van der Waals surface area contributed by atoms with Crippen molar-refractivity contribution in [3.8, 4) is 16.9 Å². The van der Waals surface area contributed by atoms with Crippen LogP contribution in [0.5, 0.6) is 5.75 Å². The molecule has 0 bridgehead atoms. The molecule has 16 heteroatoms. The predicted octanol–water partition coefficient (Wildman–Crippen LogP) is 12.6. The number of ether oxygens (including phenoxy) is 2. The van der Waals surface area contributed by atoms with Gasteiger partial charge in [-0.3, -0.25) is 0 Å². The van der Waals surface area contributed by atoms with Gasteiger partial charge in [0.2, 0.25) is 0 Å². The standard InChI is InChI=1S/C31H29F13O2S/c1-2-3-4-5-18-6-13-24(26(33)14-18)31(38,39)45-21-9-7-20(8-10-21)30(36,37)46-22-11-12-23(25(32)17-22)19-15-27(34)29(28(35)16-19)47(40,41,42,43)44/h6,11-17,20-21H,2-5,7-10H2,1H3. The monoisotopic (exact) mass is 712 g/mol. The first-order valence-corrected chi connectivity index (χ1v) is 16.4. The Morgan fingerprint density at radius 3 is 1.87 bits per heavy atom. The second kappa shape index (κ2) is 12.4. The summed E-state index contributed by atoms with van der Waals surface area (Å²) in [5.74, 6) is -10.4. The summed E-state index contributed by atoms with van der Waals surface area (Å²) < 4.78 is 191. The summed E-state index contributed by atoms with van der Waals surface area (Å²) in [6.45, 7) is 1.98. The highest BCUT2D eigenvalue weighted by molar-refractivity contribution is 8.45. The highest BCUT2D eigenvalue weighted by Gasteiger charge is 2.69. The van der Waals surface area contributed by atoms with Gasteiger partial charge >= 0.3 is 22.4 Å². The molecule has 0 aliphatic heterocycles. The van der Waals surface area contributed by atoms with E-state index >= 15 is 0 Å². The Labute approximate surface area is 261 Å². The van der Waals surface area contributed by atoms with Crippen LogP contribution in [0, 0.1) is 29.2 Å². The fraction of sp³-hybridized carbons (Fsp3) is 0.419. The molecular weight excluding hydrogens is 683 g/mol. The average molecular weight is 713 g/mol. The Hall–Kier alpha value is -3.14. The fourth-order valence-electron chi connectivity index (χ4n) is 5.44. The molecule has 0 amide bonds. The number of rotatable bonds is 12. The molecular formula is C31H29F13O2S. The van der Waals surface area contributed by atoms with Crippen LogP contribution in [-0.2, 0) is 17.3 Å². The zero-order chi connectivity index (χ0) is 35.1. The van der Waals surface area contributed by atoms with Crippen LogP contribution in [0.25, 0.3) is 11.1 Å². The zero-order valence-electron chi connectivity index (χ0n) is 24.6. The minimum atomic E-state index is -10.8. The van der Waals surface area contributed by atoms with Crippen molar-refractivity contribution in [1.29, 1.82) is 0 Å². The van der Waals surface area contributed by atoms with Crippen molar-refractivity contribution < 1.29 is 64.0 Å². The Morgan fingerprint density at radius 2 is 1.34 bits per heavy atom. The van der Waals surface area contributed by atoms with E-state index in [9.17, 15) is 54.6 Å². The molecule has 3 aromatic carbocycles. The highest BCUT2D eigenvalue weighted by atomic mass is 32.5. The Bertz CT molecular complexity index is 1580. The first-order chi connectivity index (χ1) is 21.5. The van der Waals surface area contributed by atoms with Gasteiger partial charge in [-0.25, -0.2) is 17.6 Å². The van der Waals surface area contributed by atoms with E-state index < -0.39 is 85.1 Å². The molecule has 0 saturated heterocycles. The predicted molar refractivity (Wildman–Crippen MR) is 149 cm³/mol. The molecule has 0 radical (unpaired) electrons. The molecule has 3 aromatic rings. The molecule has 0 spiro atoms. The lowest BCUT2D eigenvalue weighted by Gasteiger charge is -2.40. The van der Waals surface area contributed by atoms with Crippen molar-refractivity contribution in [2.75, 3.05) is 0 Å². The summed E-state index contributed by atoms with van der Waals surface area (Å²) in [6, 6.07) is 4.65. The third kappa shape index (κ3) is 8.86. The molecule has 0 heterocycles. The van der Waals surface area contributed by atoms with Gasteiger partial charge in [0, 0.05) is 11.6 Å². The summed E-state index contributed by atoms with van der Waals surface area (Å²) >= 11 is 0. The lowest BCUT2D eigenvalue weighted by molar-refractivity contribution is -0.286. The van der Waals surface area contributed by atoms with Crippen LogP contribution in [0.2, 0.25) is 0 Å². The maximum Gasteiger partial charge on any atom is 0.400 e. The molecule has 4 rings (SSSR count). The van der Waals surface area contributed by atoms with E-state index in [1.54, 1.807) is 0 Å². The molecule has 262 valence electrons. The van der Waals surface area contributed by atoms with Gasteiger partial charge in [-0.1, -0.05) is 45.3 Å². The van der Waals surface area contributed by atoms with E-state index in [2.05, 4.69) is 4.74 Å². The molecule has 0 atom stereocenters. The number of benzene rings is 3. The van der Waals surface area contributed by atoms with Crippen molar-refractivity contribution in [3.63, 3.8) is 0 Å². The summed E-state index contributed by atoms with van der Waals surface area (Å²) in [4.78, 5) is -3.41. The molecule has 2 nitrogen and oxygen atoms in total. The summed E-state index contributed by atoms with van der Waals surface area (Å²) in [5, 5.41) is 0.